The monoisotopic (exact) mass is 213 g/mol. The molecule has 1 fully saturated rings. The van der Waals surface area contributed by atoms with E-state index in [0.717, 1.165) is 0 Å². The van der Waals surface area contributed by atoms with E-state index in [1.54, 1.807) is 0 Å². The zero-order chi connectivity index (χ0) is 10.8. The van der Waals surface area contributed by atoms with Crippen molar-refractivity contribution in [1.29, 1.82) is 0 Å². The Kier molecular flexibility index (Phi) is 1.39. The Labute approximate surface area is 84.0 Å². The predicted molar refractivity (Wildman–Crippen MR) is 46.7 cm³/mol. The summed E-state index contributed by atoms with van der Waals surface area (Å²) >= 11 is 0. The second kappa shape index (κ2) is 2.37. The Morgan fingerprint density at radius 2 is 2.40 bits per heavy atom. The molecule has 0 aromatic carbocycles. The molecule has 2 aliphatic carbocycles. The molecule has 0 saturated heterocycles. The lowest BCUT2D eigenvalue weighted by atomic mass is 10.1. The van der Waals surface area contributed by atoms with Gasteiger partial charge >= 0.3 is 0 Å². The number of alkyl halides is 2. The van der Waals surface area contributed by atoms with Gasteiger partial charge in [-0.25, -0.2) is 0 Å². The van der Waals surface area contributed by atoms with Crippen LogP contribution in [0.15, 0.2) is 0 Å². The second-order valence-electron chi connectivity index (χ2n) is 4.01. The molecule has 80 valence electrons. The highest BCUT2D eigenvalue weighted by molar-refractivity contribution is 5.94. The van der Waals surface area contributed by atoms with Gasteiger partial charge < -0.3 is 5.32 Å². The van der Waals surface area contributed by atoms with Crippen molar-refractivity contribution in [2.45, 2.75) is 18.3 Å². The molecule has 1 aromatic rings. The lowest BCUT2D eigenvalue weighted by Gasteiger charge is -2.09. The third kappa shape index (κ3) is 0.891. The largest absolute Gasteiger partial charge is 0.354 e. The van der Waals surface area contributed by atoms with Gasteiger partial charge in [0.15, 0.2) is 5.69 Å². The maximum atomic E-state index is 13.6. The first kappa shape index (κ1) is 8.82. The molecule has 1 heterocycles. The maximum Gasteiger partial charge on any atom is 0.292 e. The van der Waals surface area contributed by atoms with Gasteiger partial charge in [0.25, 0.3) is 11.8 Å². The molecule has 0 aliphatic heterocycles. The zero-order valence-corrected chi connectivity index (χ0v) is 7.97. The molecule has 1 saturated carbocycles. The van der Waals surface area contributed by atoms with Crippen LogP contribution in [0.2, 0.25) is 0 Å². The third-order valence-electron chi connectivity index (χ3n) is 3.21. The van der Waals surface area contributed by atoms with Crippen LogP contribution in [0.3, 0.4) is 0 Å². The average Bonchev–Trinajstić information content (AvgIpc) is 2.82. The van der Waals surface area contributed by atoms with Crippen molar-refractivity contribution >= 4 is 5.91 Å². The zero-order valence-electron chi connectivity index (χ0n) is 7.97. The normalized spacial score (nSPS) is 29.5. The van der Waals surface area contributed by atoms with Crippen molar-refractivity contribution < 1.29 is 13.6 Å². The Morgan fingerprint density at radius 3 is 3.07 bits per heavy atom. The molecule has 0 spiro atoms. The third-order valence-corrected chi connectivity index (χ3v) is 3.21. The minimum absolute atomic E-state index is 0.122. The number of hydrogen-bond donors (Lipinski definition) is 2. The number of halogens is 2. The van der Waals surface area contributed by atoms with Gasteiger partial charge in [0.2, 0.25) is 0 Å². The van der Waals surface area contributed by atoms with Gasteiger partial charge in [-0.2, -0.15) is 13.9 Å². The first-order valence-corrected chi connectivity index (χ1v) is 4.76. The van der Waals surface area contributed by atoms with E-state index in [4.69, 9.17) is 0 Å². The molecule has 3 rings (SSSR count). The molecule has 2 aliphatic rings. The Bertz CT molecular complexity index is 454. The molecule has 2 unspecified atom stereocenters. The Hall–Kier alpha value is -1.46. The number of amides is 1. The highest BCUT2D eigenvalue weighted by Gasteiger charge is 2.66. The number of aromatic amines is 1. The smallest absolute Gasteiger partial charge is 0.292 e. The summed E-state index contributed by atoms with van der Waals surface area (Å²) in [5.41, 5.74) is 0.379. The highest BCUT2D eigenvalue weighted by atomic mass is 19.3. The standard InChI is InChI=1S/C9H9F2N3O/c1-12-8(15)6-5-3-2-4(3)9(10,11)7(5)14-13-6/h3-4H,2H2,1H3,(H,12,15)(H,13,14). The lowest BCUT2D eigenvalue weighted by molar-refractivity contribution is -0.0268. The molecule has 6 heteroatoms. The topological polar surface area (TPSA) is 57.8 Å². The van der Waals surface area contributed by atoms with Gasteiger partial charge in [-0.15, -0.1) is 0 Å². The number of nitrogens with zero attached hydrogens (tertiary/aromatic N) is 1. The average molecular weight is 213 g/mol. The van der Waals surface area contributed by atoms with Gasteiger partial charge in [-0.05, 0) is 12.3 Å². The summed E-state index contributed by atoms with van der Waals surface area (Å²) in [5, 5.41) is 8.35. The van der Waals surface area contributed by atoms with E-state index < -0.39 is 17.7 Å². The van der Waals surface area contributed by atoms with E-state index in [1.165, 1.54) is 7.05 Å². The van der Waals surface area contributed by atoms with Crippen LogP contribution in [-0.4, -0.2) is 23.2 Å². The van der Waals surface area contributed by atoms with E-state index in [9.17, 15) is 13.6 Å². The Morgan fingerprint density at radius 1 is 1.67 bits per heavy atom. The second-order valence-corrected chi connectivity index (χ2v) is 4.01. The number of rotatable bonds is 1. The van der Waals surface area contributed by atoms with Crippen molar-refractivity contribution in [2.24, 2.45) is 5.92 Å². The molecular weight excluding hydrogens is 204 g/mol. The molecule has 0 bridgehead atoms. The molecule has 2 N–H and O–H groups in total. The van der Waals surface area contributed by atoms with Crippen molar-refractivity contribution in [3.63, 3.8) is 0 Å². The summed E-state index contributed by atoms with van der Waals surface area (Å²) in [6.07, 6.45) is 0.462. The van der Waals surface area contributed by atoms with E-state index in [1.807, 2.05) is 0 Å². The number of carbonyl (C=O) groups excluding carboxylic acids is 1. The van der Waals surface area contributed by atoms with Crippen molar-refractivity contribution in [2.75, 3.05) is 7.05 Å². The highest BCUT2D eigenvalue weighted by Crippen LogP contribution is 2.66. The molecule has 0 radical (unpaired) electrons. The van der Waals surface area contributed by atoms with Crippen LogP contribution in [-0.2, 0) is 5.92 Å². The van der Waals surface area contributed by atoms with Crippen molar-refractivity contribution in [3.8, 4) is 0 Å². The summed E-state index contributed by atoms with van der Waals surface area (Å²) in [6.45, 7) is 0. The van der Waals surface area contributed by atoms with E-state index in [-0.39, 0.29) is 17.3 Å². The van der Waals surface area contributed by atoms with Gasteiger partial charge in [0.05, 0.1) is 0 Å². The van der Waals surface area contributed by atoms with Crippen LogP contribution in [0.4, 0.5) is 8.78 Å². The van der Waals surface area contributed by atoms with Crippen LogP contribution in [0, 0.1) is 5.92 Å². The van der Waals surface area contributed by atoms with Gasteiger partial charge in [0, 0.05) is 18.5 Å². The summed E-state index contributed by atoms with van der Waals surface area (Å²) in [7, 11) is 1.46. The minimum atomic E-state index is -2.83. The number of hydrogen-bond acceptors (Lipinski definition) is 2. The molecule has 15 heavy (non-hydrogen) atoms. The fourth-order valence-electron chi connectivity index (χ4n) is 2.36. The van der Waals surface area contributed by atoms with Crippen molar-refractivity contribution in [1.82, 2.24) is 15.5 Å². The fraction of sp³-hybridized carbons (Fsp3) is 0.556. The fourth-order valence-corrected chi connectivity index (χ4v) is 2.36. The van der Waals surface area contributed by atoms with E-state index in [2.05, 4.69) is 15.5 Å². The van der Waals surface area contributed by atoms with Gasteiger partial charge in [0.1, 0.15) is 5.69 Å². The number of aromatic nitrogens is 2. The van der Waals surface area contributed by atoms with Crippen molar-refractivity contribution in [3.05, 3.63) is 17.0 Å². The van der Waals surface area contributed by atoms with Crippen LogP contribution in [0.25, 0.3) is 0 Å². The summed E-state index contributed by atoms with van der Waals surface area (Å²) < 4.78 is 27.1. The Balaban J connectivity index is 2.14. The summed E-state index contributed by atoms with van der Waals surface area (Å²) in [6, 6.07) is 0. The predicted octanol–water partition coefficient (Wildman–Crippen LogP) is 0.978. The molecule has 4 nitrogen and oxygen atoms in total. The van der Waals surface area contributed by atoms with Crippen LogP contribution >= 0.6 is 0 Å². The number of fused-ring (bicyclic) bond motifs is 3. The molecule has 1 amide bonds. The lowest BCUT2D eigenvalue weighted by Crippen LogP contribution is -2.19. The first-order valence-electron chi connectivity index (χ1n) is 4.76. The van der Waals surface area contributed by atoms with E-state index >= 15 is 0 Å². The van der Waals surface area contributed by atoms with Crippen LogP contribution < -0.4 is 5.32 Å². The maximum absolute atomic E-state index is 13.6. The van der Waals surface area contributed by atoms with Gasteiger partial charge in [-0.1, -0.05) is 0 Å². The quantitative estimate of drug-likeness (QED) is 0.730. The number of H-pyrrole nitrogens is 1. The number of carbonyl (C=O) groups is 1. The minimum Gasteiger partial charge on any atom is -0.354 e. The van der Waals surface area contributed by atoms with Crippen LogP contribution in [0.5, 0.6) is 0 Å². The first-order chi connectivity index (χ1) is 7.07. The van der Waals surface area contributed by atoms with E-state index in [0.29, 0.717) is 12.0 Å². The summed E-state index contributed by atoms with van der Waals surface area (Å²) in [5.74, 6) is -4.04. The number of nitrogens with one attached hydrogen (secondary N) is 2. The summed E-state index contributed by atoms with van der Waals surface area (Å²) in [4.78, 5) is 11.4. The van der Waals surface area contributed by atoms with Crippen LogP contribution in [0.1, 0.15) is 34.1 Å². The van der Waals surface area contributed by atoms with Gasteiger partial charge in [-0.3, -0.25) is 9.89 Å². The molecule has 2 atom stereocenters. The molecular formula is C9H9F2N3O. The SMILES string of the molecule is CNC(=O)c1n[nH]c2c1C1CC1C2(F)F. The molecule has 1 aromatic heterocycles.